The second-order valence-corrected chi connectivity index (χ2v) is 11.0. The van der Waals surface area contributed by atoms with Crippen LogP contribution in [0, 0.1) is 0 Å². The van der Waals surface area contributed by atoms with Gasteiger partial charge in [0.05, 0.1) is 0 Å². The number of allylic oxidation sites excluding steroid dienone is 1. The summed E-state index contributed by atoms with van der Waals surface area (Å²) in [5, 5.41) is 0. The molecule has 24 heavy (non-hydrogen) atoms. The van der Waals surface area contributed by atoms with Crippen molar-refractivity contribution in [2.45, 2.75) is 8.45 Å². The Labute approximate surface area is 174 Å². The summed E-state index contributed by atoms with van der Waals surface area (Å²) in [5.41, 5.74) is 4.56. The van der Waals surface area contributed by atoms with Crippen molar-refractivity contribution in [3.63, 3.8) is 0 Å². The van der Waals surface area contributed by atoms with Crippen LogP contribution < -0.4 is 37.2 Å². The third-order valence-corrected chi connectivity index (χ3v) is 8.38. The van der Waals surface area contributed by atoms with Crippen molar-refractivity contribution in [2.24, 2.45) is 0 Å². The second kappa shape index (κ2) is 11.7. The molecular formula is C19H21Cl3PTi. The Morgan fingerprint density at radius 2 is 1.54 bits per heavy atom. The summed E-state index contributed by atoms with van der Waals surface area (Å²) < 4.78 is 1.51. The van der Waals surface area contributed by atoms with E-state index in [-0.39, 0.29) is 64.3 Å². The molecule has 0 aliphatic heterocycles. The molecule has 2 atom stereocenters. The van der Waals surface area contributed by atoms with Crippen molar-refractivity contribution in [3.8, 4) is 0 Å². The number of fused-ring (bicyclic) bond motifs is 1. The molecule has 0 bridgehead atoms. The molecule has 0 nitrogen and oxygen atoms in total. The molecule has 0 spiro atoms. The van der Waals surface area contributed by atoms with Gasteiger partial charge in [0.2, 0.25) is 0 Å². The number of hydrogen-bond donors (Lipinski definition) is 0. The maximum atomic E-state index is 2.45. The topological polar surface area (TPSA) is 0 Å². The van der Waals surface area contributed by atoms with Gasteiger partial charge in [0.15, 0.2) is 0 Å². The average Bonchev–Trinajstić information content (AvgIpc) is 2.90. The Bertz CT molecular complexity index is 632. The van der Waals surface area contributed by atoms with Crippen molar-refractivity contribution >= 4 is 14.0 Å². The van der Waals surface area contributed by atoms with E-state index in [2.05, 4.69) is 80.1 Å². The summed E-state index contributed by atoms with van der Waals surface area (Å²) in [6.45, 7) is 4.83. The average molecular weight is 435 g/mol. The van der Waals surface area contributed by atoms with Gasteiger partial charge in [-0.3, -0.25) is 0 Å². The molecule has 0 fully saturated rings. The van der Waals surface area contributed by atoms with Gasteiger partial charge in [0, 0.05) is 0 Å². The molecule has 0 N–H and O–H groups in total. The summed E-state index contributed by atoms with van der Waals surface area (Å²) in [6.07, 6.45) is 6.16. The van der Waals surface area contributed by atoms with Crippen LogP contribution in [0.4, 0.5) is 0 Å². The minimum Gasteiger partial charge on any atom is -1.00 e. The van der Waals surface area contributed by atoms with Crippen LogP contribution in [0.15, 0.2) is 60.7 Å². The van der Waals surface area contributed by atoms with Gasteiger partial charge in [-0.05, 0) is 0 Å². The van der Waals surface area contributed by atoms with E-state index in [1.165, 1.54) is 11.7 Å². The first-order valence-corrected chi connectivity index (χ1v) is 11.7. The summed E-state index contributed by atoms with van der Waals surface area (Å²) in [5.74, 6) is 0. The summed E-state index contributed by atoms with van der Waals surface area (Å²) >= 11 is -0.0733. The van der Waals surface area contributed by atoms with Crippen molar-refractivity contribution in [1.29, 1.82) is 0 Å². The molecule has 127 valence electrons. The standard InChI is InChI=1S/C10H14P.C9H7.3ClH.Ti/c1-11(2)9-8-10-6-4-3-5-7-10;1-2-5-9-7-3-6-8(9)4-1;;;;/h3-8H,9H2,1-2H3;1-7H;3*1H;/q;;;;;+3/p-3. The molecule has 0 saturated heterocycles. The molecule has 1 aliphatic carbocycles. The van der Waals surface area contributed by atoms with Gasteiger partial charge >= 0.3 is 138 Å². The van der Waals surface area contributed by atoms with E-state index in [0.717, 1.165) is 4.22 Å². The minimum absolute atomic E-state index is 0. The first kappa shape index (κ1) is 24.2. The Morgan fingerprint density at radius 3 is 2.21 bits per heavy atom. The zero-order valence-corrected chi connectivity index (χ0v) is 18.5. The van der Waals surface area contributed by atoms with Gasteiger partial charge in [0.25, 0.3) is 0 Å². The van der Waals surface area contributed by atoms with E-state index < -0.39 is 0 Å². The predicted octanol–water partition coefficient (Wildman–Crippen LogP) is -3.67. The van der Waals surface area contributed by atoms with E-state index in [4.69, 9.17) is 0 Å². The van der Waals surface area contributed by atoms with E-state index in [9.17, 15) is 0 Å². The van der Waals surface area contributed by atoms with E-state index in [0.29, 0.717) is 4.22 Å². The normalized spacial score (nSPS) is 15.4. The van der Waals surface area contributed by atoms with Crippen LogP contribution in [0.2, 0.25) is 0 Å². The Morgan fingerprint density at radius 1 is 0.917 bits per heavy atom. The van der Waals surface area contributed by atoms with Crippen LogP contribution >= 0.6 is 7.92 Å². The molecule has 2 aromatic rings. The Kier molecular flexibility index (Phi) is 11.8. The molecule has 0 amide bonds. The zero-order chi connectivity index (χ0) is 14.7. The zero-order valence-electron chi connectivity index (χ0n) is 13.8. The fourth-order valence-electron chi connectivity index (χ4n) is 2.92. The Hall–Kier alpha value is 0.194. The van der Waals surface area contributed by atoms with Gasteiger partial charge in [-0.1, -0.05) is 0 Å². The largest absolute Gasteiger partial charge is 1.00 e. The first-order valence-electron chi connectivity index (χ1n) is 7.47. The van der Waals surface area contributed by atoms with Crippen LogP contribution in [-0.2, 0) is 19.2 Å². The third kappa shape index (κ3) is 6.17. The fourth-order valence-corrected chi connectivity index (χ4v) is 8.46. The van der Waals surface area contributed by atoms with Gasteiger partial charge in [-0.15, -0.1) is 0 Å². The summed E-state index contributed by atoms with van der Waals surface area (Å²) in [4.78, 5) is 0. The van der Waals surface area contributed by atoms with Gasteiger partial charge in [-0.2, -0.15) is 0 Å². The quantitative estimate of drug-likeness (QED) is 0.336. The van der Waals surface area contributed by atoms with Crippen LogP contribution in [0.25, 0.3) is 6.08 Å². The number of hydrogen-bond acceptors (Lipinski definition) is 0. The van der Waals surface area contributed by atoms with E-state index >= 15 is 0 Å². The monoisotopic (exact) mass is 433 g/mol. The van der Waals surface area contributed by atoms with Crippen LogP contribution in [0.3, 0.4) is 0 Å². The molecule has 5 heteroatoms. The van der Waals surface area contributed by atoms with Crippen molar-refractivity contribution in [2.75, 3.05) is 19.5 Å². The molecule has 2 aromatic carbocycles. The fraction of sp³-hybridized carbons (Fsp3) is 0.263. The van der Waals surface area contributed by atoms with E-state index in [1.807, 2.05) is 0 Å². The second-order valence-electron chi connectivity index (χ2n) is 5.86. The smallest absolute Gasteiger partial charge is 1.00 e. The molecular weight excluding hydrogens is 413 g/mol. The SMILES string of the molecule is CP(C)C[CH]([Ti+3][CH]1C=Cc2ccccc21)c1ccccc1.[Cl-].[Cl-].[Cl-]. The van der Waals surface area contributed by atoms with Crippen LogP contribution in [0.5, 0.6) is 0 Å². The molecule has 0 saturated carbocycles. The summed E-state index contributed by atoms with van der Waals surface area (Å²) in [6, 6.07) is 20.1. The van der Waals surface area contributed by atoms with Gasteiger partial charge in [0.1, 0.15) is 0 Å². The minimum atomic E-state index is -0.0733. The van der Waals surface area contributed by atoms with Crippen molar-refractivity contribution < 1.29 is 56.4 Å². The van der Waals surface area contributed by atoms with Gasteiger partial charge in [-0.25, -0.2) is 0 Å². The van der Waals surface area contributed by atoms with Crippen LogP contribution in [-0.4, -0.2) is 19.5 Å². The maximum absolute atomic E-state index is 2.45. The van der Waals surface area contributed by atoms with Crippen molar-refractivity contribution in [1.82, 2.24) is 0 Å². The van der Waals surface area contributed by atoms with Crippen molar-refractivity contribution in [3.05, 3.63) is 77.4 Å². The predicted molar refractivity (Wildman–Crippen MR) is 91.0 cm³/mol. The molecule has 0 radical (unpaired) electrons. The maximum Gasteiger partial charge on any atom is -1.00 e. The Balaban J connectivity index is 0.00000176. The van der Waals surface area contributed by atoms with Gasteiger partial charge < -0.3 is 37.2 Å². The third-order valence-electron chi connectivity index (χ3n) is 3.93. The number of rotatable bonds is 5. The summed E-state index contributed by atoms with van der Waals surface area (Å²) in [7, 11) is 0.156. The molecule has 3 rings (SSSR count). The number of benzene rings is 2. The molecule has 1 aliphatic rings. The first-order chi connectivity index (χ1) is 10.2. The number of halogens is 3. The molecule has 0 aromatic heterocycles. The van der Waals surface area contributed by atoms with Crippen LogP contribution in [0.1, 0.15) is 25.1 Å². The molecule has 2 unspecified atom stereocenters. The molecule has 0 heterocycles. The van der Waals surface area contributed by atoms with E-state index in [1.54, 1.807) is 11.1 Å².